The summed E-state index contributed by atoms with van der Waals surface area (Å²) in [5, 5.41) is 3.67. The zero-order chi connectivity index (χ0) is 13.5. The summed E-state index contributed by atoms with van der Waals surface area (Å²) in [5.41, 5.74) is 0. The summed E-state index contributed by atoms with van der Waals surface area (Å²) in [6.45, 7) is 3.18. The van der Waals surface area contributed by atoms with Crippen molar-refractivity contribution in [3.05, 3.63) is 0 Å². The first-order chi connectivity index (χ1) is 9.07. The third kappa shape index (κ3) is 2.98. The van der Waals surface area contributed by atoms with E-state index in [1.807, 2.05) is 0 Å². The molecule has 4 nitrogen and oxygen atoms in total. The number of fused-ring (bicyclic) bond motifs is 2. The highest BCUT2D eigenvalue weighted by Crippen LogP contribution is 2.32. The van der Waals surface area contributed by atoms with Crippen molar-refractivity contribution in [2.45, 2.75) is 69.6 Å². The van der Waals surface area contributed by atoms with Gasteiger partial charge < -0.3 is 5.32 Å². The van der Waals surface area contributed by atoms with Crippen LogP contribution in [-0.4, -0.2) is 55.5 Å². The fraction of sp³-hybridized carbons (Fsp3) is 1.00. The van der Waals surface area contributed by atoms with Gasteiger partial charge in [0.2, 0.25) is 0 Å². The van der Waals surface area contributed by atoms with Crippen molar-refractivity contribution in [3.63, 3.8) is 0 Å². The molecule has 3 saturated heterocycles. The quantitative estimate of drug-likeness (QED) is 0.846. The summed E-state index contributed by atoms with van der Waals surface area (Å²) in [6.07, 6.45) is 6.94. The number of hydrogen-bond donors (Lipinski definition) is 1. The van der Waals surface area contributed by atoms with Gasteiger partial charge >= 0.3 is 0 Å². The molecule has 5 heteroatoms. The summed E-state index contributed by atoms with van der Waals surface area (Å²) in [5.74, 6) is 0.790. The summed E-state index contributed by atoms with van der Waals surface area (Å²) in [4.78, 5) is 2.50. The second-order valence-electron chi connectivity index (χ2n) is 6.50. The zero-order valence-corrected chi connectivity index (χ0v) is 12.7. The Labute approximate surface area is 116 Å². The van der Waals surface area contributed by atoms with Crippen LogP contribution in [0.2, 0.25) is 0 Å². The SMILES string of the molecule is CCN(C1CC2CCC(C1)N2)C1CCCS(=O)(=O)C1. The summed E-state index contributed by atoms with van der Waals surface area (Å²) in [7, 11) is -2.79. The monoisotopic (exact) mass is 286 g/mol. The minimum atomic E-state index is -2.79. The van der Waals surface area contributed by atoms with Gasteiger partial charge in [0.25, 0.3) is 0 Å². The normalized spacial score (nSPS) is 41.6. The van der Waals surface area contributed by atoms with Crippen LogP contribution in [0.15, 0.2) is 0 Å². The molecule has 2 bridgehead atoms. The molecule has 3 atom stereocenters. The average Bonchev–Trinajstić information content (AvgIpc) is 2.68. The van der Waals surface area contributed by atoms with E-state index < -0.39 is 9.84 Å². The van der Waals surface area contributed by atoms with Gasteiger partial charge in [-0.3, -0.25) is 4.90 Å². The molecule has 1 N–H and O–H groups in total. The van der Waals surface area contributed by atoms with E-state index in [0.29, 0.717) is 29.6 Å². The van der Waals surface area contributed by atoms with E-state index in [9.17, 15) is 8.42 Å². The molecule has 3 aliphatic rings. The lowest BCUT2D eigenvalue weighted by Gasteiger charge is -2.42. The molecule has 0 saturated carbocycles. The number of rotatable bonds is 3. The van der Waals surface area contributed by atoms with E-state index in [4.69, 9.17) is 0 Å². The zero-order valence-electron chi connectivity index (χ0n) is 11.8. The molecule has 0 amide bonds. The number of nitrogens with one attached hydrogen (secondary N) is 1. The third-order valence-electron chi connectivity index (χ3n) is 5.19. The van der Waals surface area contributed by atoms with Crippen LogP contribution in [0, 0.1) is 0 Å². The molecular weight excluding hydrogens is 260 g/mol. The van der Waals surface area contributed by atoms with Gasteiger partial charge in [0, 0.05) is 24.2 Å². The van der Waals surface area contributed by atoms with Crippen molar-refractivity contribution >= 4 is 9.84 Å². The van der Waals surface area contributed by atoms with Gasteiger partial charge in [-0.2, -0.15) is 0 Å². The molecule has 19 heavy (non-hydrogen) atoms. The first-order valence-electron chi connectivity index (χ1n) is 7.79. The van der Waals surface area contributed by atoms with Crippen LogP contribution in [0.25, 0.3) is 0 Å². The number of hydrogen-bond acceptors (Lipinski definition) is 4. The van der Waals surface area contributed by atoms with Crippen molar-refractivity contribution in [2.24, 2.45) is 0 Å². The maximum Gasteiger partial charge on any atom is 0.151 e. The number of piperidine rings is 1. The summed E-state index contributed by atoms with van der Waals surface area (Å²) >= 11 is 0. The van der Waals surface area contributed by atoms with E-state index in [0.717, 1.165) is 19.4 Å². The van der Waals surface area contributed by atoms with E-state index >= 15 is 0 Å². The van der Waals surface area contributed by atoms with E-state index in [1.165, 1.54) is 25.7 Å². The van der Waals surface area contributed by atoms with Crippen LogP contribution in [0.4, 0.5) is 0 Å². The molecule has 0 spiro atoms. The van der Waals surface area contributed by atoms with Crippen molar-refractivity contribution in [1.29, 1.82) is 0 Å². The van der Waals surface area contributed by atoms with Gasteiger partial charge in [0.05, 0.1) is 11.5 Å². The Hall–Kier alpha value is -0.130. The Morgan fingerprint density at radius 3 is 2.37 bits per heavy atom. The fourth-order valence-corrected chi connectivity index (χ4v) is 6.09. The molecule has 110 valence electrons. The average molecular weight is 286 g/mol. The standard InChI is InChI=1S/C14H26N2O2S/c1-2-16(13-4-3-7-19(17,18)10-13)14-8-11-5-6-12(9-14)15-11/h11-15H,2-10H2,1H3. The highest BCUT2D eigenvalue weighted by molar-refractivity contribution is 7.91. The molecule has 3 rings (SSSR count). The molecule has 3 fully saturated rings. The molecule has 3 heterocycles. The second-order valence-corrected chi connectivity index (χ2v) is 8.73. The third-order valence-corrected chi connectivity index (χ3v) is 6.99. The van der Waals surface area contributed by atoms with E-state index in [2.05, 4.69) is 17.1 Å². The van der Waals surface area contributed by atoms with Crippen molar-refractivity contribution in [3.8, 4) is 0 Å². The van der Waals surface area contributed by atoms with Crippen LogP contribution in [0.5, 0.6) is 0 Å². The predicted octanol–water partition coefficient (Wildman–Crippen LogP) is 1.17. The first kappa shape index (κ1) is 13.8. The van der Waals surface area contributed by atoms with Crippen LogP contribution in [-0.2, 0) is 9.84 Å². The minimum absolute atomic E-state index is 0.270. The van der Waals surface area contributed by atoms with E-state index in [-0.39, 0.29) is 6.04 Å². The predicted molar refractivity (Wildman–Crippen MR) is 77.0 cm³/mol. The van der Waals surface area contributed by atoms with Gasteiger partial charge in [-0.05, 0) is 45.1 Å². The van der Waals surface area contributed by atoms with Gasteiger partial charge in [-0.25, -0.2) is 8.42 Å². The topological polar surface area (TPSA) is 49.4 Å². The lowest BCUT2D eigenvalue weighted by Crippen LogP contribution is -2.54. The van der Waals surface area contributed by atoms with Gasteiger partial charge in [-0.1, -0.05) is 6.92 Å². The maximum absolute atomic E-state index is 11.9. The molecule has 0 aromatic carbocycles. The molecule has 0 aromatic rings. The van der Waals surface area contributed by atoms with Crippen LogP contribution in [0.3, 0.4) is 0 Å². The second kappa shape index (κ2) is 5.34. The molecule has 3 aliphatic heterocycles. The summed E-state index contributed by atoms with van der Waals surface area (Å²) < 4.78 is 23.7. The molecular formula is C14H26N2O2S. The highest BCUT2D eigenvalue weighted by atomic mass is 32.2. The van der Waals surface area contributed by atoms with Gasteiger partial charge in [-0.15, -0.1) is 0 Å². The number of sulfone groups is 1. The summed E-state index contributed by atoms with van der Waals surface area (Å²) in [6, 6.07) is 2.23. The fourth-order valence-electron chi connectivity index (χ4n) is 4.37. The Bertz CT molecular complexity index is 411. The Kier molecular flexibility index (Phi) is 3.89. The van der Waals surface area contributed by atoms with Crippen molar-refractivity contribution in [1.82, 2.24) is 10.2 Å². The number of nitrogens with zero attached hydrogens (tertiary/aromatic N) is 1. The van der Waals surface area contributed by atoms with Crippen molar-refractivity contribution < 1.29 is 8.42 Å². The smallest absolute Gasteiger partial charge is 0.151 e. The highest BCUT2D eigenvalue weighted by Gasteiger charge is 2.39. The maximum atomic E-state index is 11.9. The van der Waals surface area contributed by atoms with Crippen molar-refractivity contribution in [2.75, 3.05) is 18.1 Å². The van der Waals surface area contributed by atoms with Crippen LogP contribution < -0.4 is 5.32 Å². The van der Waals surface area contributed by atoms with Gasteiger partial charge in [0.1, 0.15) is 0 Å². The van der Waals surface area contributed by atoms with Crippen LogP contribution >= 0.6 is 0 Å². The lowest BCUT2D eigenvalue weighted by molar-refractivity contribution is 0.102. The Morgan fingerprint density at radius 2 is 1.79 bits per heavy atom. The Morgan fingerprint density at radius 1 is 1.11 bits per heavy atom. The Balaban J connectivity index is 1.70. The molecule has 0 aromatic heterocycles. The molecule has 3 unspecified atom stereocenters. The molecule has 0 aliphatic carbocycles. The minimum Gasteiger partial charge on any atom is -0.311 e. The first-order valence-corrected chi connectivity index (χ1v) is 9.62. The van der Waals surface area contributed by atoms with E-state index in [1.54, 1.807) is 0 Å². The lowest BCUT2D eigenvalue weighted by atomic mass is 9.96. The van der Waals surface area contributed by atoms with Gasteiger partial charge in [0.15, 0.2) is 9.84 Å². The molecule has 0 radical (unpaired) electrons. The van der Waals surface area contributed by atoms with Crippen LogP contribution in [0.1, 0.15) is 45.4 Å². The largest absolute Gasteiger partial charge is 0.311 e.